The zero-order chi connectivity index (χ0) is 20.2. The van der Waals surface area contributed by atoms with E-state index in [1.165, 1.54) is 36.4 Å². The molecule has 0 unspecified atom stereocenters. The minimum atomic E-state index is -0.264. The topological polar surface area (TPSA) is 106 Å². The monoisotopic (exact) mass is 395 g/mol. The molecule has 3 heterocycles. The molecule has 3 aromatic heterocycles. The molecule has 0 aromatic carbocycles. The molecule has 152 valence electrons. The number of furan rings is 1. The summed E-state index contributed by atoms with van der Waals surface area (Å²) in [6, 6.07) is 6.74. The van der Waals surface area contributed by atoms with Crippen molar-refractivity contribution in [2.75, 3.05) is 5.32 Å². The molecule has 0 aliphatic heterocycles. The summed E-state index contributed by atoms with van der Waals surface area (Å²) in [5, 5.41) is 7.44. The van der Waals surface area contributed by atoms with Crippen molar-refractivity contribution >= 4 is 11.7 Å². The van der Waals surface area contributed by atoms with Gasteiger partial charge in [-0.1, -0.05) is 32.6 Å². The molecule has 1 aliphatic rings. The van der Waals surface area contributed by atoms with Crippen LogP contribution in [0.2, 0.25) is 0 Å². The van der Waals surface area contributed by atoms with Crippen molar-refractivity contribution in [2.24, 2.45) is 5.92 Å². The van der Waals surface area contributed by atoms with Gasteiger partial charge < -0.3 is 9.73 Å². The molecule has 0 bridgehead atoms. The number of nitrogens with one attached hydrogen (secondary N) is 2. The van der Waals surface area contributed by atoms with Gasteiger partial charge in [0.2, 0.25) is 11.9 Å². The van der Waals surface area contributed by atoms with Crippen LogP contribution in [0.1, 0.15) is 51.1 Å². The highest BCUT2D eigenvalue weighted by Crippen LogP contribution is 2.29. The number of amides is 1. The van der Waals surface area contributed by atoms with Crippen molar-refractivity contribution in [1.29, 1.82) is 0 Å². The van der Waals surface area contributed by atoms with Crippen LogP contribution in [0.4, 0.5) is 5.82 Å². The van der Waals surface area contributed by atoms with E-state index in [0.717, 1.165) is 6.42 Å². The third-order valence-electron chi connectivity index (χ3n) is 5.35. The van der Waals surface area contributed by atoms with Crippen molar-refractivity contribution in [1.82, 2.24) is 19.7 Å². The van der Waals surface area contributed by atoms with Gasteiger partial charge in [0.15, 0.2) is 5.76 Å². The van der Waals surface area contributed by atoms with Crippen LogP contribution in [0, 0.1) is 5.92 Å². The van der Waals surface area contributed by atoms with Crippen LogP contribution < -0.4 is 10.9 Å². The molecule has 4 rings (SSSR count). The van der Waals surface area contributed by atoms with E-state index in [2.05, 4.69) is 20.4 Å². The van der Waals surface area contributed by atoms with Crippen LogP contribution in [0.5, 0.6) is 0 Å². The van der Waals surface area contributed by atoms with Crippen LogP contribution in [0.15, 0.2) is 39.7 Å². The molecule has 1 saturated carbocycles. The second-order valence-corrected chi connectivity index (χ2v) is 7.46. The molecule has 0 saturated heterocycles. The molecule has 3 aromatic rings. The van der Waals surface area contributed by atoms with Crippen LogP contribution >= 0.6 is 0 Å². The average molecular weight is 395 g/mol. The number of aromatic amines is 1. The van der Waals surface area contributed by atoms with Gasteiger partial charge in [0.25, 0.3) is 5.56 Å². The Labute approximate surface area is 168 Å². The first-order valence-electron chi connectivity index (χ1n) is 10.2. The molecule has 0 atom stereocenters. The summed E-state index contributed by atoms with van der Waals surface area (Å²) in [4.78, 5) is 31.7. The van der Waals surface area contributed by atoms with E-state index >= 15 is 0 Å². The number of hydrogen-bond acceptors (Lipinski definition) is 5. The second-order valence-electron chi connectivity index (χ2n) is 7.46. The van der Waals surface area contributed by atoms with Crippen molar-refractivity contribution in [3.05, 3.63) is 46.6 Å². The van der Waals surface area contributed by atoms with Gasteiger partial charge in [0.05, 0.1) is 6.26 Å². The molecule has 8 heteroatoms. The lowest BCUT2D eigenvalue weighted by Crippen LogP contribution is -2.19. The van der Waals surface area contributed by atoms with E-state index < -0.39 is 0 Å². The Balaban J connectivity index is 1.62. The highest BCUT2D eigenvalue weighted by atomic mass is 16.3. The summed E-state index contributed by atoms with van der Waals surface area (Å²) in [6.07, 6.45) is 8.48. The zero-order valence-corrected chi connectivity index (χ0v) is 16.5. The van der Waals surface area contributed by atoms with Crippen molar-refractivity contribution < 1.29 is 9.21 Å². The van der Waals surface area contributed by atoms with E-state index in [4.69, 9.17) is 4.42 Å². The fourth-order valence-corrected chi connectivity index (χ4v) is 3.79. The number of carbonyl (C=O) groups is 1. The molecule has 29 heavy (non-hydrogen) atoms. The lowest BCUT2D eigenvalue weighted by atomic mass is 10.0. The SMILES string of the molecule is CCc1cc(=O)[nH]c(-n2nc(-c3ccco3)cc2NC(=O)CCC2CCCC2)n1. The number of H-pyrrole nitrogens is 1. The quantitative estimate of drug-likeness (QED) is 0.635. The van der Waals surface area contributed by atoms with Gasteiger partial charge >= 0.3 is 0 Å². The Morgan fingerprint density at radius 1 is 1.34 bits per heavy atom. The Hall–Kier alpha value is -3.16. The normalized spacial score (nSPS) is 14.4. The van der Waals surface area contributed by atoms with Gasteiger partial charge in [-0.2, -0.15) is 9.78 Å². The van der Waals surface area contributed by atoms with Crippen LogP contribution in [-0.2, 0) is 11.2 Å². The number of aromatic nitrogens is 4. The summed E-state index contributed by atoms with van der Waals surface area (Å²) in [7, 11) is 0. The summed E-state index contributed by atoms with van der Waals surface area (Å²) in [6.45, 7) is 1.93. The largest absolute Gasteiger partial charge is 0.463 e. The molecule has 0 radical (unpaired) electrons. The van der Waals surface area contributed by atoms with E-state index in [1.54, 1.807) is 24.5 Å². The second kappa shape index (κ2) is 8.46. The highest BCUT2D eigenvalue weighted by Gasteiger charge is 2.19. The lowest BCUT2D eigenvalue weighted by molar-refractivity contribution is -0.116. The van der Waals surface area contributed by atoms with Gasteiger partial charge in [0, 0.05) is 24.2 Å². The maximum absolute atomic E-state index is 12.6. The van der Waals surface area contributed by atoms with Gasteiger partial charge in [-0.05, 0) is 30.9 Å². The molecule has 1 aliphatic carbocycles. The minimum absolute atomic E-state index is 0.0713. The standard InChI is InChI=1S/C21H25N5O3/c1-2-15-12-20(28)24-21(22-15)26-18(13-16(25-26)17-8-5-11-29-17)23-19(27)10-9-14-6-3-4-7-14/h5,8,11-14H,2-4,6-7,9-10H2,1H3,(H,23,27)(H,22,24,28). The first-order valence-corrected chi connectivity index (χ1v) is 10.2. The first kappa shape index (κ1) is 19.2. The maximum Gasteiger partial charge on any atom is 0.252 e. The summed E-state index contributed by atoms with van der Waals surface area (Å²) in [5.41, 5.74) is 0.934. The number of aryl methyl sites for hydroxylation is 1. The Bertz CT molecular complexity index is 1030. The van der Waals surface area contributed by atoms with Gasteiger partial charge in [0.1, 0.15) is 11.5 Å². The Morgan fingerprint density at radius 2 is 2.17 bits per heavy atom. The zero-order valence-electron chi connectivity index (χ0n) is 16.5. The van der Waals surface area contributed by atoms with Crippen LogP contribution in [0.25, 0.3) is 17.4 Å². The Morgan fingerprint density at radius 3 is 2.90 bits per heavy atom. The maximum atomic E-state index is 12.6. The summed E-state index contributed by atoms with van der Waals surface area (Å²) < 4.78 is 6.88. The average Bonchev–Trinajstić information content (AvgIpc) is 3.46. The van der Waals surface area contributed by atoms with Crippen molar-refractivity contribution in [3.8, 4) is 17.4 Å². The predicted octanol–water partition coefficient (Wildman–Crippen LogP) is 3.69. The number of carbonyl (C=O) groups excluding carboxylic acids is 1. The van der Waals surface area contributed by atoms with Gasteiger partial charge in [-0.15, -0.1) is 0 Å². The number of nitrogens with zero attached hydrogens (tertiary/aromatic N) is 3. The predicted molar refractivity (Wildman–Crippen MR) is 109 cm³/mol. The smallest absolute Gasteiger partial charge is 0.252 e. The molecule has 8 nitrogen and oxygen atoms in total. The fourth-order valence-electron chi connectivity index (χ4n) is 3.79. The van der Waals surface area contributed by atoms with Crippen molar-refractivity contribution in [3.63, 3.8) is 0 Å². The highest BCUT2D eigenvalue weighted by molar-refractivity contribution is 5.90. The van der Waals surface area contributed by atoms with E-state index in [-0.39, 0.29) is 17.4 Å². The van der Waals surface area contributed by atoms with E-state index in [9.17, 15) is 9.59 Å². The number of rotatable bonds is 7. The van der Waals surface area contributed by atoms with Gasteiger partial charge in [-0.25, -0.2) is 4.98 Å². The Kier molecular flexibility index (Phi) is 5.59. The molecule has 0 spiro atoms. The summed E-state index contributed by atoms with van der Waals surface area (Å²) >= 11 is 0. The fraction of sp³-hybridized carbons (Fsp3) is 0.429. The molecular formula is C21H25N5O3. The lowest BCUT2D eigenvalue weighted by Gasteiger charge is -2.10. The van der Waals surface area contributed by atoms with Crippen molar-refractivity contribution in [2.45, 2.75) is 51.9 Å². The number of hydrogen-bond donors (Lipinski definition) is 2. The molecule has 1 amide bonds. The van der Waals surface area contributed by atoms with E-state index in [0.29, 0.717) is 41.7 Å². The van der Waals surface area contributed by atoms with Crippen LogP contribution in [-0.4, -0.2) is 25.7 Å². The van der Waals surface area contributed by atoms with Gasteiger partial charge in [-0.3, -0.25) is 14.6 Å². The number of anilines is 1. The molecule has 2 N–H and O–H groups in total. The first-order chi connectivity index (χ1) is 14.1. The summed E-state index contributed by atoms with van der Waals surface area (Å²) in [5.74, 6) is 1.85. The van der Waals surface area contributed by atoms with Crippen LogP contribution in [0.3, 0.4) is 0 Å². The minimum Gasteiger partial charge on any atom is -0.463 e. The third kappa shape index (κ3) is 4.47. The molecule has 1 fully saturated rings. The third-order valence-corrected chi connectivity index (χ3v) is 5.35. The van der Waals surface area contributed by atoms with E-state index in [1.807, 2.05) is 6.92 Å². The molecular weight excluding hydrogens is 370 g/mol.